The second-order valence-electron chi connectivity index (χ2n) is 1.64. The minimum absolute atomic E-state index is 0.932. The molecular weight excluding hydrogens is 225 g/mol. The summed E-state index contributed by atoms with van der Waals surface area (Å²) in [7, 11) is 0. The molecule has 0 spiro atoms. The van der Waals surface area contributed by atoms with Gasteiger partial charge in [0.15, 0.2) is 0 Å². The van der Waals surface area contributed by atoms with Crippen molar-refractivity contribution in [1.82, 2.24) is 0 Å². The van der Waals surface area contributed by atoms with Gasteiger partial charge in [-0.1, -0.05) is 6.07 Å². The molecule has 0 atom stereocenters. The first kappa shape index (κ1) is 6.74. The van der Waals surface area contributed by atoms with E-state index < -0.39 is 0 Å². The highest BCUT2D eigenvalue weighted by atomic mass is 127. The molecule has 1 aromatic rings. The Balaban J connectivity index is 3.07. The highest BCUT2D eigenvalue weighted by molar-refractivity contribution is 14.1. The summed E-state index contributed by atoms with van der Waals surface area (Å²) in [5.41, 5.74) is 0.932. The molecule has 0 heterocycles. The zero-order valence-corrected chi connectivity index (χ0v) is 7.00. The lowest BCUT2D eigenvalue weighted by molar-refractivity contribution is 1.53. The highest BCUT2D eigenvalue weighted by Gasteiger charge is 1.85. The third-order valence-electron chi connectivity index (χ3n) is 0.991. The Morgan fingerprint density at radius 3 is 2.67 bits per heavy atom. The van der Waals surface area contributed by atoms with E-state index in [1.807, 2.05) is 24.3 Å². The second kappa shape index (κ2) is 2.96. The molecule has 1 rings (SSSR count). The summed E-state index contributed by atoms with van der Waals surface area (Å²) in [5.74, 6) is 0. The van der Waals surface area contributed by atoms with Crippen LogP contribution in [0.25, 0.3) is 0 Å². The normalized spacial score (nSPS) is 9.00. The monoisotopic (exact) mass is 231 g/mol. The van der Waals surface area contributed by atoms with E-state index in [0.717, 1.165) is 5.69 Å². The average Bonchev–Trinajstić information content (AvgIpc) is 1.88. The molecule has 2 heteroatoms. The van der Waals surface area contributed by atoms with Gasteiger partial charge in [0.25, 0.3) is 0 Å². The lowest BCUT2D eigenvalue weighted by Crippen LogP contribution is -1.66. The van der Waals surface area contributed by atoms with Crippen molar-refractivity contribution in [3.8, 4) is 0 Å². The Morgan fingerprint density at radius 2 is 2.22 bits per heavy atom. The molecular formula is C7H6IN. The molecule has 0 N–H and O–H groups in total. The first-order valence-electron chi connectivity index (χ1n) is 2.55. The molecule has 0 aromatic heterocycles. The van der Waals surface area contributed by atoms with Crippen molar-refractivity contribution in [3.63, 3.8) is 0 Å². The van der Waals surface area contributed by atoms with Crippen LogP contribution in [0.15, 0.2) is 29.3 Å². The van der Waals surface area contributed by atoms with Crippen LogP contribution in [0.5, 0.6) is 0 Å². The molecule has 0 unspecified atom stereocenters. The van der Waals surface area contributed by atoms with E-state index in [1.165, 1.54) is 3.57 Å². The second-order valence-corrected chi connectivity index (χ2v) is 2.88. The van der Waals surface area contributed by atoms with Gasteiger partial charge < -0.3 is 0 Å². The van der Waals surface area contributed by atoms with E-state index in [0.29, 0.717) is 0 Å². The zero-order chi connectivity index (χ0) is 6.69. The van der Waals surface area contributed by atoms with Gasteiger partial charge in [-0.25, -0.2) is 0 Å². The van der Waals surface area contributed by atoms with E-state index in [4.69, 9.17) is 0 Å². The first-order valence-corrected chi connectivity index (χ1v) is 3.63. The van der Waals surface area contributed by atoms with Crippen molar-refractivity contribution in [2.45, 2.75) is 0 Å². The Kier molecular flexibility index (Phi) is 2.22. The largest absolute Gasteiger partial charge is 0.265 e. The van der Waals surface area contributed by atoms with Crippen molar-refractivity contribution in [1.29, 1.82) is 0 Å². The molecule has 1 nitrogen and oxygen atoms in total. The number of benzene rings is 1. The number of halogens is 1. The smallest absolute Gasteiger partial charge is 0.0632 e. The fraction of sp³-hybridized carbons (Fsp3) is 0. The van der Waals surface area contributed by atoms with Crippen molar-refractivity contribution in [2.75, 3.05) is 0 Å². The van der Waals surface area contributed by atoms with Crippen LogP contribution >= 0.6 is 22.6 Å². The van der Waals surface area contributed by atoms with Gasteiger partial charge in [0.1, 0.15) is 0 Å². The molecule has 0 amide bonds. The summed E-state index contributed by atoms with van der Waals surface area (Å²) in [4.78, 5) is 3.78. The molecule has 1 aromatic carbocycles. The van der Waals surface area contributed by atoms with Crippen molar-refractivity contribution in [2.24, 2.45) is 4.99 Å². The lowest BCUT2D eigenvalue weighted by atomic mass is 10.3. The number of nitrogens with zero attached hydrogens (tertiary/aromatic N) is 1. The SMILES string of the molecule is C=Nc1cccc(I)c1. The Bertz CT molecular complexity index is 220. The van der Waals surface area contributed by atoms with E-state index in [2.05, 4.69) is 34.3 Å². The van der Waals surface area contributed by atoms with E-state index in [-0.39, 0.29) is 0 Å². The van der Waals surface area contributed by atoms with Crippen molar-refractivity contribution in [3.05, 3.63) is 27.8 Å². The van der Waals surface area contributed by atoms with Gasteiger partial charge in [-0.2, -0.15) is 0 Å². The van der Waals surface area contributed by atoms with Crippen molar-refractivity contribution < 1.29 is 0 Å². The molecule has 0 aliphatic rings. The average molecular weight is 231 g/mol. The van der Waals surface area contributed by atoms with Crippen molar-refractivity contribution >= 4 is 35.0 Å². The summed E-state index contributed by atoms with van der Waals surface area (Å²) in [6.45, 7) is 3.42. The number of aliphatic imine (C=N–C) groups is 1. The molecule has 0 saturated heterocycles. The van der Waals surface area contributed by atoms with Crippen LogP contribution in [0.2, 0.25) is 0 Å². The fourth-order valence-corrected chi connectivity index (χ4v) is 1.10. The van der Waals surface area contributed by atoms with Gasteiger partial charge in [-0.15, -0.1) is 0 Å². The minimum Gasteiger partial charge on any atom is -0.265 e. The molecule has 0 saturated carbocycles. The maximum absolute atomic E-state index is 3.78. The van der Waals surface area contributed by atoms with Gasteiger partial charge in [0, 0.05) is 3.57 Å². The summed E-state index contributed by atoms with van der Waals surface area (Å²) < 4.78 is 1.19. The molecule has 9 heavy (non-hydrogen) atoms. The summed E-state index contributed by atoms with van der Waals surface area (Å²) in [6, 6.07) is 7.89. The summed E-state index contributed by atoms with van der Waals surface area (Å²) in [5, 5.41) is 0. The van der Waals surface area contributed by atoms with Gasteiger partial charge in [0.05, 0.1) is 5.69 Å². The fourth-order valence-electron chi connectivity index (χ4n) is 0.574. The maximum Gasteiger partial charge on any atom is 0.0632 e. The molecule has 0 aliphatic heterocycles. The predicted octanol–water partition coefficient (Wildman–Crippen LogP) is 2.62. The van der Waals surface area contributed by atoms with Crippen LogP contribution in [0.3, 0.4) is 0 Å². The molecule has 0 bridgehead atoms. The predicted molar refractivity (Wildman–Crippen MR) is 48.4 cm³/mol. The molecule has 46 valence electrons. The van der Waals surface area contributed by atoms with E-state index in [1.54, 1.807) is 0 Å². The Hall–Kier alpha value is -0.380. The third-order valence-corrected chi connectivity index (χ3v) is 1.66. The van der Waals surface area contributed by atoms with E-state index in [9.17, 15) is 0 Å². The standard InChI is InChI=1S/C7H6IN/c1-9-7-4-2-3-6(8)5-7/h2-5H,1H2. The number of rotatable bonds is 1. The van der Waals surface area contributed by atoms with Crippen LogP contribution in [-0.2, 0) is 0 Å². The summed E-state index contributed by atoms with van der Waals surface area (Å²) >= 11 is 2.24. The molecule has 0 fully saturated rings. The van der Waals surface area contributed by atoms with Gasteiger partial charge in [-0.3, -0.25) is 4.99 Å². The lowest BCUT2D eigenvalue weighted by Gasteiger charge is -1.90. The highest BCUT2D eigenvalue weighted by Crippen LogP contribution is 2.13. The molecule has 0 aliphatic carbocycles. The maximum atomic E-state index is 3.78. The van der Waals surface area contributed by atoms with Gasteiger partial charge in [0.2, 0.25) is 0 Å². The quantitative estimate of drug-likeness (QED) is 0.520. The van der Waals surface area contributed by atoms with Crippen LogP contribution in [0.1, 0.15) is 0 Å². The van der Waals surface area contributed by atoms with Crippen LogP contribution in [0.4, 0.5) is 5.69 Å². The minimum atomic E-state index is 0.932. The van der Waals surface area contributed by atoms with Gasteiger partial charge in [-0.05, 0) is 47.5 Å². The topological polar surface area (TPSA) is 12.4 Å². The van der Waals surface area contributed by atoms with Crippen LogP contribution in [-0.4, -0.2) is 6.72 Å². The van der Waals surface area contributed by atoms with E-state index >= 15 is 0 Å². The number of hydrogen-bond donors (Lipinski definition) is 0. The van der Waals surface area contributed by atoms with Gasteiger partial charge >= 0.3 is 0 Å². The summed E-state index contributed by atoms with van der Waals surface area (Å²) in [6.07, 6.45) is 0. The Morgan fingerprint density at radius 1 is 1.44 bits per heavy atom. The first-order chi connectivity index (χ1) is 4.33. The molecule has 0 radical (unpaired) electrons. The Labute approximate surface area is 68.0 Å². The van der Waals surface area contributed by atoms with Crippen LogP contribution < -0.4 is 0 Å². The third kappa shape index (κ3) is 1.78. The number of hydrogen-bond acceptors (Lipinski definition) is 1. The van der Waals surface area contributed by atoms with Crippen LogP contribution in [0, 0.1) is 3.57 Å². The zero-order valence-electron chi connectivity index (χ0n) is 4.84.